The molecule has 0 fully saturated rings. The van der Waals surface area contributed by atoms with Crippen LogP contribution in [0.4, 0.5) is 0 Å². The molecule has 19 heavy (non-hydrogen) atoms. The van der Waals surface area contributed by atoms with Crippen LogP contribution in [-0.4, -0.2) is 10.9 Å². The van der Waals surface area contributed by atoms with Crippen molar-refractivity contribution in [1.29, 1.82) is 0 Å². The molecule has 0 radical (unpaired) electrons. The van der Waals surface area contributed by atoms with E-state index in [1.165, 1.54) is 0 Å². The fourth-order valence-electron chi connectivity index (χ4n) is 2.00. The molecule has 0 aliphatic heterocycles. The van der Waals surface area contributed by atoms with Gasteiger partial charge in [0, 0.05) is 4.88 Å². The van der Waals surface area contributed by atoms with Crippen molar-refractivity contribution in [3.05, 3.63) is 51.5 Å². The minimum atomic E-state index is 0.0306. The van der Waals surface area contributed by atoms with Gasteiger partial charge in [-0.25, -0.2) is 4.98 Å². The number of benzene rings is 1. The number of aryl methyl sites for hydroxylation is 2. The van der Waals surface area contributed by atoms with Gasteiger partial charge < -0.3 is 5.32 Å². The quantitative estimate of drug-likeness (QED) is 0.930. The highest BCUT2D eigenvalue weighted by Gasteiger charge is 2.13. The van der Waals surface area contributed by atoms with Crippen LogP contribution in [0.2, 0.25) is 0 Å². The summed E-state index contributed by atoms with van der Waals surface area (Å²) in [4.78, 5) is 17.4. The van der Waals surface area contributed by atoms with Gasteiger partial charge in [-0.05, 0) is 26.3 Å². The van der Waals surface area contributed by atoms with Crippen LogP contribution in [0.25, 0.3) is 0 Å². The van der Waals surface area contributed by atoms with E-state index in [0.29, 0.717) is 6.42 Å². The summed E-state index contributed by atoms with van der Waals surface area (Å²) in [5.41, 5.74) is 2.08. The lowest BCUT2D eigenvalue weighted by molar-refractivity contribution is -0.121. The van der Waals surface area contributed by atoms with E-state index >= 15 is 0 Å². The summed E-state index contributed by atoms with van der Waals surface area (Å²) in [6.07, 6.45) is 0.411. The van der Waals surface area contributed by atoms with E-state index in [0.717, 1.165) is 21.1 Å². The molecule has 0 aliphatic rings. The molecule has 1 aromatic heterocycles. The van der Waals surface area contributed by atoms with Crippen molar-refractivity contribution in [2.75, 3.05) is 0 Å². The van der Waals surface area contributed by atoms with Crippen molar-refractivity contribution in [2.24, 2.45) is 0 Å². The van der Waals surface area contributed by atoms with Gasteiger partial charge in [0.25, 0.3) is 0 Å². The standard InChI is InChI=1S/C15H18N2OS/c1-10(13-7-5-4-6-8-13)17-15(18)9-14-11(2)16-12(3)19-14/h4-8,10H,9H2,1-3H3,(H,17,18)/t10-/m0/s1. The summed E-state index contributed by atoms with van der Waals surface area (Å²) in [6.45, 7) is 5.91. The Morgan fingerprint density at radius 3 is 2.58 bits per heavy atom. The van der Waals surface area contributed by atoms with E-state index < -0.39 is 0 Å². The number of rotatable bonds is 4. The molecule has 0 aliphatic carbocycles. The van der Waals surface area contributed by atoms with Crippen LogP contribution in [0, 0.1) is 13.8 Å². The lowest BCUT2D eigenvalue weighted by Crippen LogP contribution is -2.28. The second kappa shape index (κ2) is 5.97. The fourth-order valence-corrected chi connectivity index (χ4v) is 2.94. The molecule has 0 saturated heterocycles. The highest BCUT2D eigenvalue weighted by Crippen LogP contribution is 2.18. The van der Waals surface area contributed by atoms with Gasteiger partial charge in [0.2, 0.25) is 5.91 Å². The molecule has 1 heterocycles. The lowest BCUT2D eigenvalue weighted by Gasteiger charge is -2.13. The predicted molar refractivity (Wildman–Crippen MR) is 78.3 cm³/mol. The lowest BCUT2D eigenvalue weighted by atomic mass is 10.1. The maximum absolute atomic E-state index is 12.0. The maximum Gasteiger partial charge on any atom is 0.225 e. The Morgan fingerprint density at radius 1 is 1.32 bits per heavy atom. The number of carbonyl (C=O) groups is 1. The minimum Gasteiger partial charge on any atom is -0.349 e. The second-order valence-electron chi connectivity index (χ2n) is 4.62. The van der Waals surface area contributed by atoms with Crippen molar-refractivity contribution in [3.8, 4) is 0 Å². The third-order valence-corrected chi connectivity index (χ3v) is 4.07. The Bertz CT molecular complexity index is 563. The topological polar surface area (TPSA) is 42.0 Å². The molecule has 0 spiro atoms. The van der Waals surface area contributed by atoms with Gasteiger partial charge in [-0.3, -0.25) is 4.79 Å². The first-order valence-corrected chi connectivity index (χ1v) is 7.15. The Morgan fingerprint density at radius 2 is 2.00 bits per heavy atom. The summed E-state index contributed by atoms with van der Waals surface area (Å²) in [7, 11) is 0. The fraction of sp³-hybridized carbons (Fsp3) is 0.333. The average molecular weight is 274 g/mol. The van der Waals surface area contributed by atoms with Crippen LogP contribution in [0.3, 0.4) is 0 Å². The van der Waals surface area contributed by atoms with Crippen LogP contribution in [0.1, 0.15) is 34.1 Å². The van der Waals surface area contributed by atoms with E-state index in [4.69, 9.17) is 0 Å². The van der Waals surface area contributed by atoms with Crippen molar-refractivity contribution < 1.29 is 4.79 Å². The largest absolute Gasteiger partial charge is 0.349 e. The highest BCUT2D eigenvalue weighted by molar-refractivity contribution is 7.11. The van der Waals surface area contributed by atoms with E-state index in [9.17, 15) is 4.79 Å². The van der Waals surface area contributed by atoms with E-state index in [2.05, 4.69) is 10.3 Å². The molecule has 1 N–H and O–H groups in total. The number of nitrogens with zero attached hydrogens (tertiary/aromatic N) is 1. The van der Waals surface area contributed by atoms with Crippen LogP contribution >= 0.6 is 11.3 Å². The molecule has 3 nitrogen and oxygen atoms in total. The van der Waals surface area contributed by atoms with E-state index in [-0.39, 0.29) is 11.9 Å². The Hall–Kier alpha value is -1.68. The minimum absolute atomic E-state index is 0.0306. The van der Waals surface area contributed by atoms with Crippen LogP contribution < -0.4 is 5.32 Å². The van der Waals surface area contributed by atoms with Gasteiger partial charge in [0.05, 0.1) is 23.2 Å². The molecule has 2 aromatic rings. The Balaban J connectivity index is 1.96. The second-order valence-corrected chi connectivity index (χ2v) is 5.91. The molecule has 100 valence electrons. The van der Waals surface area contributed by atoms with Crippen molar-refractivity contribution in [2.45, 2.75) is 33.2 Å². The molecular formula is C15H18N2OS. The van der Waals surface area contributed by atoms with Gasteiger partial charge in [-0.2, -0.15) is 0 Å². The van der Waals surface area contributed by atoms with E-state index in [1.807, 2.05) is 51.1 Å². The average Bonchev–Trinajstić information content (AvgIpc) is 2.68. The number of nitrogens with one attached hydrogen (secondary N) is 1. The van der Waals surface area contributed by atoms with Gasteiger partial charge in [-0.1, -0.05) is 30.3 Å². The monoisotopic (exact) mass is 274 g/mol. The molecule has 1 amide bonds. The summed E-state index contributed by atoms with van der Waals surface area (Å²) < 4.78 is 0. The number of carbonyl (C=O) groups excluding carboxylic acids is 1. The molecule has 4 heteroatoms. The normalized spacial score (nSPS) is 12.2. The van der Waals surface area contributed by atoms with Gasteiger partial charge in [0.1, 0.15) is 0 Å². The summed E-state index contributed by atoms with van der Waals surface area (Å²) in [6, 6.07) is 10.0. The first kappa shape index (κ1) is 13.7. The maximum atomic E-state index is 12.0. The first-order valence-electron chi connectivity index (χ1n) is 6.33. The molecule has 0 bridgehead atoms. The highest BCUT2D eigenvalue weighted by atomic mass is 32.1. The third kappa shape index (κ3) is 3.64. The number of aromatic nitrogens is 1. The number of amides is 1. The van der Waals surface area contributed by atoms with Gasteiger partial charge in [-0.15, -0.1) is 11.3 Å². The molecule has 0 unspecified atom stereocenters. The van der Waals surface area contributed by atoms with Gasteiger partial charge in [0.15, 0.2) is 0 Å². The van der Waals surface area contributed by atoms with Gasteiger partial charge >= 0.3 is 0 Å². The molecule has 0 saturated carbocycles. The smallest absolute Gasteiger partial charge is 0.225 e. The third-order valence-electron chi connectivity index (χ3n) is 3.00. The van der Waals surface area contributed by atoms with Crippen molar-refractivity contribution in [1.82, 2.24) is 10.3 Å². The van der Waals surface area contributed by atoms with Crippen LogP contribution in [-0.2, 0) is 11.2 Å². The zero-order valence-corrected chi connectivity index (χ0v) is 12.3. The van der Waals surface area contributed by atoms with Crippen LogP contribution in [0.15, 0.2) is 30.3 Å². The number of hydrogen-bond acceptors (Lipinski definition) is 3. The molecule has 1 aromatic carbocycles. The SMILES string of the molecule is Cc1nc(C)c(CC(=O)N[C@@H](C)c2ccccc2)s1. The van der Waals surface area contributed by atoms with E-state index in [1.54, 1.807) is 11.3 Å². The molecular weight excluding hydrogens is 256 g/mol. The Kier molecular flexibility index (Phi) is 4.32. The first-order chi connectivity index (χ1) is 9.06. The zero-order valence-electron chi connectivity index (χ0n) is 11.4. The summed E-state index contributed by atoms with van der Waals surface area (Å²) in [5.74, 6) is 0.0445. The number of thiazole rings is 1. The van der Waals surface area contributed by atoms with Crippen LogP contribution in [0.5, 0.6) is 0 Å². The van der Waals surface area contributed by atoms with Crippen molar-refractivity contribution >= 4 is 17.2 Å². The summed E-state index contributed by atoms with van der Waals surface area (Å²) in [5, 5.41) is 4.03. The number of hydrogen-bond donors (Lipinski definition) is 1. The summed E-state index contributed by atoms with van der Waals surface area (Å²) >= 11 is 1.59. The predicted octanol–water partition coefficient (Wildman–Crippen LogP) is 3.18. The van der Waals surface area contributed by atoms with Crippen molar-refractivity contribution in [3.63, 3.8) is 0 Å². The zero-order chi connectivity index (χ0) is 13.8. The molecule has 1 atom stereocenters. The molecule has 2 rings (SSSR count). The Labute approximate surface area is 117 Å².